The smallest absolute Gasteiger partial charge is 0.130 e. The van der Waals surface area contributed by atoms with Crippen LogP contribution >= 0.6 is 12.4 Å². The van der Waals surface area contributed by atoms with Crippen molar-refractivity contribution in [2.75, 3.05) is 13.6 Å². The molecule has 1 atom stereocenters. The van der Waals surface area contributed by atoms with Gasteiger partial charge < -0.3 is 10.1 Å². The minimum atomic E-state index is 0. The van der Waals surface area contributed by atoms with Gasteiger partial charge in [-0.1, -0.05) is 42.5 Å². The maximum Gasteiger partial charge on any atom is 0.130 e. The zero-order valence-electron chi connectivity index (χ0n) is 12.6. The molecule has 0 aromatic heterocycles. The first-order valence-electron chi connectivity index (χ1n) is 7.28. The van der Waals surface area contributed by atoms with E-state index >= 15 is 0 Å². The van der Waals surface area contributed by atoms with Crippen LogP contribution in [0.3, 0.4) is 0 Å². The van der Waals surface area contributed by atoms with E-state index in [4.69, 9.17) is 4.74 Å². The number of fused-ring (bicyclic) bond motifs is 1. The fourth-order valence-corrected chi connectivity index (χ4v) is 2.92. The van der Waals surface area contributed by atoms with Crippen LogP contribution in [0.4, 0.5) is 0 Å². The third kappa shape index (κ3) is 3.22. The predicted octanol–water partition coefficient (Wildman–Crippen LogP) is 4.00. The molecule has 0 amide bonds. The third-order valence-electron chi connectivity index (χ3n) is 3.98. The van der Waals surface area contributed by atoms with Gasteiger partial charge in [-0.3, -0.25) is 0 Å². The van der Waals surface area contributed by atoms with E-state index in [1.807, 2.05) is 7.05 Å². The maximum atomic E-state index is 6.25. The van der Waals surface area contributed by atoms with Crippen molar-refractivity contribution in [1.29, 1.82) is 0 Å². The molecule has 2 aromatic carbocycles. The van der Waals surface area contributed by atoms with Crippen molar-refractivity contribution in [3.05, 3.63) is 53.6 Å². The van der Waals surface area contributed by atoms with Gasteiger partial charge in [-0.25, -0.2) is 0 Å². The molecular formula is C18H22ClNO. The summed E-state index contributed by atoms with van der Waals surface area (Å²) < 4.78 is 6.25. The summed E-state index contributed by atoms with van der Waals surface area (Å²) in [6, 6.07) is 15.0. The molecule has 0 fully saturated rings. The summed E-state index contributed by atoms with van der Waals surface area (Å²) in [5, 5.41) is 3.21. The number of hydrogen-bond donors (Lipinski definition) is 1. The van der Waals surface area contributed by atoms with Gasteiger partial charge in [0.05, 0.1) is 0 Å². The van der Waals surface area contributed by atoms with Crippen molar-refractivity contribution in [3.63, 3.8) is 0 Å². The number of rotatable bonds is 3. The van der Waals surface area contributed by atoms with Crippen LogP contribution in [-0.4, -0.2) is 19.7 Å². The molecule has 1 N–H and O–H groups in total. The highest BCUT2D eigenvalue weighted by Crippen LogP contribution is 2.38. The molecule has 0 unspecified atom stereocenters. The largest absolute Gasteiger partial charge is 0.488 e. The van der Waals surface area contributed by atoms with Crippen molar-refractivity contribution in [2.24, 2.45) is 0 Å². The second kappa shape index (κ2) is 6.97. The zero-order chi connectivity index (χ0) is 13.9. The SMILES string of the molecule is CNC[C@@H]1CCc2cccc(-c3ccccc3C)c2O1.Cl. The average molecular weight is 304 g/mol. The topological polar surface area (TPSA) is 21.3 Å². The van der Waals surface area contributed by atoms with E-state index in [0.29, 0.717) is 0 Å². The molecule has 1 heterocycles. The lowest BCUT2D eigenvalue weighted by Crippen LogP contribution is -2.32. The molecule has 3 heteroatoms. The first-order chi connectivity index (χ1) is 9.79. The predicted molar refractivity (Wildman–Crippen MR) is 90.5 cm³/mol. The van der Waals surface area contributed by atoms with Gasteiger partial charge in [-0.15, -0.1) is 12.4 Å². The summed E-state index contributed by atoms with van der Waals surface area (Å²) in [5.74, 6) is 1.08. The summed E-state index contributed by atoms with van der Waals surface area (Å²) >= 11 is 0. The van der Waals surface area contributed by atoms with Gasteiger partial charge in [0.1, 0.15) is 11.9 Å². The number of nitrogens with one attached hydrogen (secondary N) is 1. The van der Waals surface area contributed by atoms with Crippen molar-refractivity contribution < 1.29 is 4.74 Å². The minimum absolute atomic E-state index is 0. The van der Waals surface area contributed by atoms with Gasteiger partial charge in [-0.05, 0) is 43.5 Å². The van der Waals surface area contributed by atoms with E-state index in [2.05, 4.69) is 54.7 Å². The number of aryl methyl sites for hydroxylation is 2. The first-order valence-corrected chi connectivity index (χ1v) is 7.28. The van der Waals surface area contributed by atoms with Crippen LogP contribution in [0, 0.1) is 6.92 Å². The molecular weight excluding hydrogens is 282 g/mol. The number of hydrogen-bond acceptors (Lipinski definition) is 2. The van der Waals surface area contributed by atoms with Crippen LogP contribution in [0.25, 0.3) is 11.1 Å². The molecule has 3 rings (SSSR count). The van der Waals surface area contributed by atoms with E-state index in [1.165, 1.54) is 22.3 Å². The van der Waals surface area contributed by atoms with Crippen molar-refractivity contribution in [3.8, 4) is 16.9 Å². The highest BCUT2D eigenvalue weighted by Gasteiger charge is 2.22. The lowest BCUT2D eigenvalue weighted by atomic mass is 9.93. The molecule has 0 saturated carbocycles. The number of para-hydroxylation sites is 1. The van der Waals surface area contributed by atoms with E-state index in [9.17, 15) is 0 Å². The number of likely N-dealkylation sites (N-methyl/N-ethyl adjacent to an activating group) is 1. The quantitative estimate of drug-likeness (QED) is 0.925. The Hall–Kier alpha value is -1.51. The van der Waals surface area contributed by atoms with Gasteiger partial charge in [0.25, 0.3) is 0 Å². The van der Waals surface area contributed by atoms with E-state index in [0.717, 1.165) is 25.1 Å². The Bertz CT molecular complexity index is 612. The zero-order valence-corrected chi connectivity index (χ0v) is 13.4. The molecule has 1 aliphatic heterocycles. The fourth-order valence-electron chi connectivity index (χ4n) is 2.92. The Labute approximate surface area is 132 Å². The Morgan fingerprint density at radius 2 is 1.86 bits per heavy atom. The normalized spacial score (nSPS) is 16.6. The molecule has 0 bridgehead atoms. The maximum absolute atomic E-state index is 6.25. The van der Waals surface area contributed by atoms with Crippen LogP contribution in [-0.2, 0) is 6.42 Å². The van der Waals surface area contributed by atoms with Gasteiger partial charge in [0, 0.05) is 12.1 Å². The number of halogens is 1. The molecule has 0 spiro atoms. The van der Waals surface area contributed by atoms with Gasteiger partial charge in [0.2, 0.25) is 0 Å². The Morgan fingerprint density at radius 3 is 2.62 bits per heavy atom. The number of ether oxygens (including phenoxy) is 1. The molecule has 112 valence electrons. The molecule has 2 aromatic rings. The average Bonchev–Trinajstić information content (AvgIpc) is 2.48. The Kier molecular flexibility index (Phi) is 5.27. The monoisotopic (exact) mass is 303 g/mol. The number of benzene rings is 2. The van der Waals surface area contributed by atoms with Crippen molar-refractivity contribution in [2.45, 2.75) is 25.9 Å². The van der Waals surface area contributed by atoms with Gasteiger partial charge in [-0.2, -0.15) is 0 Å². The summed E-state index contributed by atoms with van der Waals surface area (Å²) in [7, 11) is 1.98. The van der Waals surface area contributed by atoms with E-state index < -0.39 is 0 Å². The molecule has 0 radical (unpaired) electrons. The first kappa shape index (κ1) is 15.9. The van der Waals surface area contributed by atoms with Crippen molar-refractivity contribution in [1.82, 2.24) is 5.32 Å². The van der Waals surface area contributed by atoms with Crippen molar-refractivity contribution >= 4 is 12.4 Å². The standard InChI is InChI=1S/C18H21NO.ClH/c1-13-6-3-4-8-16(13)17-9-5-7-14-10-11-15(12-19-2)20-18(14)17;/h3-9,15,19H,10-12H2,1-2H3;1H/t15-;/m0./s1. The molecule has 0 saturated heterocycles. The van der Waals surface area contributed by atoms with Crippen LogP contribution < -0.4 is 10.1 Å². The van der Waals surface area contributed by atoms with Gasteiger partial charge >= 0.3 is 0 Å². The molecule has 2 nitrogen and oxygen atoms in total. The second-order valence-corrected chi connectivity index (χ2v) is 5.44. The molecule has 0 aliphatic carbocycles. The Balaban J connectivity index is 0.00000161. The highest BCUT2D eigenvalue weighted by atomic mass is 35.5. The summed E-state index contributed by atoms with van der Waals surface area (Å²) in [5.41, 5.74) is 5.12. The highest BCUT2D eigenvalue weighted by molar-refractivity contribution is 5.85. The summed E-state index contributed by atoms with van der Waals surface area (Å²) in [6.07, 6.45) is 2.46. The summed E-state index contributed by atoms with van der Waals surface area (Å²) in [4.78, 5) is 0. The van der Waals surface area contributed by atoms with Crippen LogP contribution in [0.1, 0.15) is 17.5 Å². The third-order valence-corrected chi connectivity index (χ3v) is 3.98. The minimum Gasteiger partial charge on any atom is -0.488 e. The lowest BCUT2D eigenvalue weighted by molar-refractivity contribution is 0.174. The van der Waals surface area contributed by atoms with Crippen LogP contribution in [0.15, 0.2) is 42.5 Å². The molecule has 1 aliphatic rings. The van der Waals surface area contributed by atoms with Crippen LogP contribution in [0.5, 0.6) is 5.75 Å². The van der Waals surface area contributed by atoms with E-state index in [-0.39, 0.29) is 18.5 Å². The Morgan fingerprint density at radius 1 is 1.10 bits per heavy atom. The van der Waals surface area contributed by atoms with Gasteiger partial charge in [0.15, 0.2) is 0 Å². The summed E-state index contributed by atoms with van der Waals surface area (Å²) in [6.45, 7) is 3.06. The van der Waals surface area contributed by atoms with Crippen LogP contribution in [0.2, 0.25) is 0 Å². The molecule has 21 heavy (non-hydrogen) atoms. The lowest BCUT2D eigenvalue weighted by Gasteiger charge is -2.28. The van der Waals surface area contributed by atoms with E-state index in [1.54, 1.807) is 0 Å². The second-order valence-electron chi connectivity index (χ2n) is 5.44. The fraction of sp³-hybridized carbons (Fsp3) is 0.333.